The van der Waals surface area contributed by atoms with Crippen LogP contribution in [0.15, 0.2) is 23.2 Å². The smallest absolute Gasteiger partial charge is 0.315 e. The van der Waals surface area contributed by atoms with Gasteiger partial charge in [0.2, 0.25) is 10.0 Å². The quantitative estimate of drug-likeness (QED) is 0.721. The predicted molar refractivity (Wildman–Crippen MR) is 53.9 cm³/mol. The monoisotopic (exact) mass is 242 g/mol. The number of nitrogens with two attached hydrogens (primary N) is 1. The maximum Gasteiger partial charge on any atom is 0.315 e. The first kappa shape index (κ1) is 11.0. The van der Waals surface area contributed by atoms with Gasteiger partial charge in [0.05, 0.1) is 12.3 Å². The number of sulfonamides is 1. The van der Waals surface area contributed by atoms with Crippen LogP contribution < -0.4 is 5.14 Å². The van der Waals surface area contributed by atoms with Crippen LogP contribution in [0.3, 0.4) is 0 Å². The Bertz CT molecular complexity index is 526. The van der Waals surface area contributed by atoms with Gasteiger partial charge in [-0.1, -0.05) is 0 Å². The van der Waals surface area contributed by atoms with Gasteiger partial charge in [0.1, 0.15) is 10.8 Å². The normalized spacial score (nSPS) is 20.8. The van der Waals surface area contributed by atoms with Crippen molar-refractivity contribution in [3.63, 3.8) is 0 Å². The lowest BCUT2D eigenvalue weighted by atomic mass is 10.0. The molecule has 0 aromatic carbocycles. The number of primary sulfonamides is 1. The highest BCUT2D eigenvalue weighted by atomic mass is 32.2. The van der Waals surface area contributed by atoms with Crippen molar-refractivity contribution >= 4 is 16.0 Å². The third-order valence-corrected chi connectivity index (χ3v) is 3.33. The fourth-order valence-corrected chi connectivity index (χ4v) is 2.40. The maximum absolute atomic E-state index is 11.4. The first-order valence-corrected chi connectivity index (χ1v) is 6.19. The molecule has 1 saturated heterocycles. The van der Waals surface area contributed by atoms with Gasteiger partial charge >= 0.3 is 5.97 Å². The molecule has 7 heteroatoms. The van der Waals surface area contributed by atoms with Crippen molar-refractivity contribution in [1.82, 2.24) is 4.98 Å². The van der Waals surface area contributed by atoms with E-state index in [1.807, 2.05) is 0 Å². The van der Waals surface area contributed by atoms with E-state index in [9.17, 15) is 13.2 Å². The molecule has 1 aliphatic rings. The van der Waals surface area contributed by atoms with Crippen LogP contribution in [-0.2, 0) is 19.6 Å². The van der Waals surface area contributed by atoms with Crippen molar-refractivity contribution < 1.29 is 17.9 Å². The third kappa shape index (κ3) is 1.91. The molecule has 86 valence electrons. The Hall–Kier alpha value is -1.47. The van der Waals surface area contributed by atoms with E-state index in [0.29, 0.717) is 6.42 Å². The van der Waals surface area contributed by atoms with Gasteiger partial charge in [-0.3, -0.25) is 9.78 Å². The molecule has 2 N–H and O–H groups in total. The summed E-state index contributed by atoms with van der Waals surface area (Å²) in [6.45, 7) is 0.282. The fourth-order valence-electron chi connectivity index (χ4n) is 1.65. The molecule has 16 heavy (non-hydrogen) atoms. The number of hydrogen-bond donors (Lipinski definition) is 1. The van der Waals surface area contributed by atoms with Crippen LogP contribution in [0.4, 0.5) is 0 Å². The minimum Gasteiger partial charge on any atom is -0.465 e. The molecule has 1 unspecified atom stereocenters. The van der Waals surface area contributed by atoms with Gasteiger partial charge in [-0.15, -0.1) is 0 Å². The van der Waals surface area contributed by atoms with Gasteiger partial charge < -0.3 is 4.74 Å². The number of carbonyl (C=O) groups is 1. The average molecular weight is 242 g/mol. The van der Waals surface area contributed by atoms with Gasteiger partial charge in [-0.05, 0) is 12.1 Å². The standard InChI is InChI=1S/C9H10N2O4S/c10-16(13,14)7-2-1-4-11-8(7)6-3-5-15-9(6)12/h1-2,4,6H,3,5H2,(H2,10,13,14). The van der Waals surface area contributed by atoms with Crippen molar-refractivity contribution in [2.24, 2.45) is 5.14 Å². The van der Waals surface area contributed by atoms with E-state index >= 15 is 0 Å². The Balaban J connectivity index is 2.53. The summed E-state index contributed by atoms with van der Waals surface area (Å²) in [5, 5.41) is 5.05. The first-order valence-electron chi connectivity index (χ1n) is 4.64. The molecule has 0 amide bonds. The number of carbonyl (C=O) groups excluding carboxylic acids is 1. The number of ether oxygens (including phenoxy) is 1. The zero-order valence-electron chi connectivity index (χ0n) is 8.29. The van der Waals surface area contributed by atoms with E-state index < -0.39 is 21.9 Å². The topological polar surface area (TPSA) is 99.4 Å². The molecule has 0 saturated carbocycles. The third-order valence-electron chi connectivity index (χ3n) is 2.37. The highest BCUT2D eigenvalue weighted by molar-refractivity contribution is 7.89. The largest absolute Gasteiger partial charge is 0.465 e. The first-order chi connectivity index (χ1) is 7.50. The van der Waals surface area contributed by atoms with Gasteiger partial charge in [0, 0.05) is 12.6 Å². The number of aromatic nitrogens is 1. The van der Waals surface area contributed by atoms with Crippen LogP contribution in [0.2, 0.25) is 0 Å². The molecule has 1 atom stereocenters. The Morgan fingerprint density at radius 3 is 2.81 bits per heavy atom. The number of pyridine rings is 1. The van der Waals surface area contributed by atoms with Crippen LogP contribution in [-0.4, -0.2) is 26.0 Å². The highest BCUT2D eigenvalue weighted by Gasteiger charge is 2.33. The zero-order valence-corrected chi connectivity index (χ0v) is 9.11. The lowest BCUT2D eigenvalue weighted by molar-refractivity contribution is -0.139. The van der Waals surface area contributed by atoms with E-state index in [1.165, 1.54) is 18.3 Å². The zero-order chi connectivity index (χ0) is 11.8. The van der Waals surface area contributed by atoms with Crippen LogP contribution >= 0.6 is 0 Å². The van der Waals surface area contributed by atoms with Crippen molar-refractivity contribution in [2.45, 2.75) is 17.2 Å². The molecule has 1 aromatic rings. The average Bonchev–Trinajstić information content (AvgIpc) is 2.63. The summed E-state index contributed by atoms with van der Waals surface area (Å²) in [6.07, 6.45) is 1.86. The Morgan fingerprint density at radius 1 is 1.50 bits per heavy atom. The molecule has 0 spiro atoms. The summed E-state index contributed by atoms with van der Waals surface area (Å²) >= 11 is 0. The molecule has 0 radical (unpaired) electrons. The number of nitrogens with zero attached hydrogens (tertiary/aromatic N) is 1. The second-order valence-electron chi connectivity index (χ2n) is 3.44. The van der Waals surface area contributed by atoms with Crippen LogP contribution in [0.5, 0.6) is 0 Å². The molecule has 2 heterocycles. The van der Waals surface area contributed by atoms with Gasteiger partial charge in [-0.25, -0.2) is 13.6 Å². The lowest BCUT2D eigenvalue weighted by Crippen LogP contribution is -2.18. The van der Waals surface area contributed by atoms with Crippen molar-refractivity contribution in [1.29, 1.82) is 0 Å². The number of esters is 1. The van der Waals surface area contributed by atoms with E-state index in [0.717, 1.165) is 0 Å². The molecule has 1 fully saturated rings. The second kappa shape index (κ2) is 3.84. The van der Waals surface area contributed by atoms with Crippen molar-refractivity contribution in [3.8, 4) is 0 Å². The summed E-state index contributed by atoms with van der Waals surface area (Å²) < 4.78 is 27.4. The minimum absolute atomic E-state index is 0.112. The van der Waals surface area contributed by atoms with Crippen molar-refractivity contribution in [3.05, 3.63) is 24.0 Å². The second-order valence-corrected chi connectivity index (χ2v) is 4.97. The summed E-state index contributed by atoms with van der Waals surface area (Å²) in [5.41, 5.74) is 0.174. The summed E-state index contributed by atoms with van der Waals surface area (Å²) in [4.78, 5) is 15.2. The molecule has 1 aliphatic heterocycles. The Kier molecular flexibility index (Phi) is 2.64. The van der Waals surface area contributed by atoms with Crippen LogP contribution in [0.1, 0.15) is 18.0 Å². The van der Waals surface area contributed by atoms with Crippen LogP contribution in [0.25, 0.3) is 0 Å². The molecule has 0 aliphatic carbocycles. The van der Waals surface area contributed by atoms with E-state index in [4.69, 9.17) is 9.88 Å². The van der Waals surface area contributed by atoms with E-state index in [1.54, 1.807) is 0 Å². The Labute approximate surface area is 92.5 Å². The summed E-state index contributed by atoms with van der Waals surface area (Å²) in [5.74, 6) is -1.09. The highest BCUT2D eigenvalue weighted by Crippen LogP contribution is 2.28. The van der Waals surface area contributed by atoms with Crippen molar-refractivity contribution in [2.75, 3.05) is 6.61 Å². The molecular formula is C9H10N2O4S. The van der Waals surface area contributed by atoms with Gasteiger partial charge in [0.25, 0.3) is 0 Å². The number of rotatable bonds is 2. The fraction of sp³-hybridized carbons (Fsp3) is 0.333. The molecule has 1 aromatic heterocycles. The predicted octanol–water partition coefficient (Wildman–Crippen LogP) is -0.240. The Morgan fingerprint density at radius 2 is 2.25 bits per heavy atom. The molecule has 2 rings (SSSR count). The van der Waals surface area contributed by atoms with Gasteiger partial charge in [0.15, 0.2) is 0 Å². The molecular weight excluding hydrogens is 232 g/mol. The summed E-state index contributed by atoms with van der Waals surface area (Å²) in [7, 11) is -3.86. The minimum atomic E-state index is -3.86. The SMILES string of the molecule is NS(=O)(=O)c1cccnc1C1CCOC1=O. The lowest BCUT2D eigenvalue weighted by Gasteiger charge is -2.09. The maximum atomic E-state index is 11.4. The number of hydrogen-bond acceptors (Lipinski definition) is 5. The van der Waals surface area contributed by atoms with E-state index in [2.05, 4.69) is 4.98 Å². The summed E-state index contributed by atoms with van der Waals surface area (Å²) in [6, 6.07) is 2.80. The van der Waals surface area contributed by atoms with Crippen LogP contribution in [0, 0.1) is 0 Å². The molecule has 6 nitrogen and oxygen atoms in total. The van der Waals surface area contributed by atoms with E-state index in [-0.39, 0.29) is 17.2 Å². The van der Waals surface area contributed by atoms with Gasteiger partial charge in [-0.2, -0.15) is 0 Å². The number of cyclic esters (lactones) is 1. The molecule has 0 bridgehead atoms.